The molecule has 0 bridgehead atoms. The SMILES string of the molecule is N#Cc1c(-c2cccc(-n3c4ccccc4c4cccc(C#N)c43)c2)cccc1-n1c2ccccc2c2c(-n3c4ccccc4c4ccccc43)cccc21. The lowest BCUT2D eigenvalue weighted by Crippen LogP contribution is -2.01. The third-order valence-corrected chi connectivity index (χ3v) is 11.1. The topological polar surface area (TPSA) is 62.4 Å². The average molecular weight is 700 g/mol. The van der Waals surface area contributed by atoms with Crippen LogP contribution >= 0.6 is 0 Å². The van der Waals surface area contributed by atoms with Crippen molar-refractivity contribution in [3.63, 3.8) is 0 Å². The van der Waals surface area contributed by atoms with Crippen LogP contribution in [-0.2, 0) is 0 Å². The van der Waals surface area contributed by atoms with Gasteiger partial charge in [-0.25, -0.2) is 0 Å². The molecular formula is C50H29N5. The van der Waals surface area contributed by atoms with Crippen LogP contribution in [0.1, 0.15) is 11.1 Å². The van der Waals surface area contributed by atoms with Crippen molar-refractivity contribution in [1.29, 1.82) is 10.5 Å². The van der Waals surface area contributed by atoms with E-state index in [1.165, 1.54) is 10.8 Å². The first-order valence-electron chi connectivity index (χ1n) is 18.3. The molecule has 0 spiro atoms. The molecule has 0 saturated heterocycles. The number of rotatable bonds is 4. The maximum atomic E-state index is 11.0. The van der Waals surface area contributed by atoms with Crippen molar-refractivity contribution in [2.45, 2.75) is 0 Å². The summed E-state index contributed by atoms with van der Waals surface area (Å²) in [6, 6.07) is 65.8. The van der Waals surface area contributed by atoms with Crippen molar-refractivity contribution in [1.82, 2.24) is 13.7 Å². The van der Waals surface area contributed by atoms with Gasteiger partial charge < -0.3 is 13.7 Å². The Morgan fingerprint density at radius 1 is 0.382 bits per heavy atom. The summed E-state index contributed by atoms with van der Waals surface area (Å²) in [4.78, 5) is 0. The lowest BCUT2D eigenvalue weighted by molar-refractivity contribution is 1.16. The van der Waals surface area contributed by atoms with Crippen LogP contribution in [0.15, 0.2) is 176 Å². The second-order valence-corrected chi connectivity index (χ2v) is 13.9. The normalized spacial score (nSPS) is 11.6. The van der Waals surface area contributed by atoms with Crippen molar-refractivity contribution in [3.8, 4) is 40.3 Å². The number of aromatic nitrogens is 3. The zero-order valence-electron chi connectivity index (χ0n) is 29.5. The van der Waals surface area contributed by atoms with Gasteiger partial charge in [-0.05, 0) is 66.2 Å². The van der Waals surface area contributed by atoms with E-state index in [1.54, 1.807) is 0 Å². The largest absolute Gasteiger partial charge is 0.309 e. The maximum absolute atomic E-state index is 11.0. The van der Waals surface area contributed by atoms with E-state index in [0.29, 0.717) is 11.1 Å². The Bertz CT molecular complexity index is 3420. The van der Waals surface area contributed by atoms with Crippen LogP contribution in [0, 0.1) is 22.7 Å². The number of fused-ring (bicyclic) bond motifs is 9. The Morgan fingerprint density at radius 3 is 1.58 bits per heavy atom. The molecule has 3 aromatic heterocycles. The molecule has 8 aromatic carbocycles. The van der Waals surface area contributed by atoms with Gasteiger partial charge in [0, 0.05) is 43.6 Å². The van der Waals surface area contributed by atoms with Crippen LogP contribution in [-0.4, -0.2) is 13.7 Å². The average Bonchev–Trinajstić information content (AvgIpc) is 3.89. The van der Waals surface area contributed by atoms with Crippen molar-refractivity contribution in [2.24, 2.45) is 0 Å². The zero-order valence-corrected chi connectivity index (χ0v) is 29.5. The summed E-state index contributed by atoms with van der Waals surface area (Å²) in [6.45, 7) is 0. The zero-order chi connectivity index (χ0) is 36.6. The standard InChI is InChI=1S/C50H29N5/c51-30-33-14-10-21-39-38-18-3-5-22-42(38)53(50(33)39)34-15-9-13-32(29-34)35-20-11-26-46(41(35)31-52)55-45-25-8-4-19-40(45)49-47(27-12-28-48(49)55)54-43-23-6-1-16-36(43)37-17-2-7-24-44(37)54/h1-29H. The molecule has 3 heterocycles. The van der Waals surface area contributed by atoms with Gasteiger partial charge in [0.05, 0.1) is 55.6 Å². The molecular weight excluding hydrogens is 671 g/mol. The van der Waals surface area contributed by atoms with Crippen LogP contribution in [0.5, 0.6) is 0 Å². The minimum absolute atomic E-state index is 0.588. The van der Waals surface area contributed by atoms with E-state index >= 15 is 0 Å². The minimum Gasteiger partial charge on any atom is -0.309 e. The fraction of sp³-hybridized carbons (Fsp3) is 0. The molecule has 5 heteroatoms. The predicted molar refractivity (Wildman–Crippen MR) is 224 cm³/mol. The Kier molecular flexibility index (Phi) is 6.61. The predicted octanol–water partition coefficient (Wildman–Crippen LogP) is 12.4. The lowest BCUT2D eigenvalue weighted by atomic mass is 9.98. The van der Waals surface area contributed by atoms with Gasteiger partial charge in [-0.1, -0.05) is 115 Å². The first-order chi connectivity index (χ1) is 27.2. The van der Waals surface area contributed by atoms with Crippen LogP contribution in [0.3, 0.4) is 0 Å². The van der Waals surface area contributed by atoms with Gasteiger partial charge in [0.2, 0.25) is 0 Å². The number of para-hydroxylation sites is 5. The monoisotopic (exact) mass is 699 g/mol. The van der Waals surface area contributed by atoms with E-state index in [0.717, 1.165) is 82.8 Å². The van der Waals surface area contributed by atoms with Gasteiger partial charge in [-0.15, -0.1) is 0 Å². The number of hydrogen-bond acceptors (Lipinski definition) is 2. The molecule has 0 aliphatic heterocycles. The summed E-state index contributed by atoms with van der Waals surface area (Å²) >= 11 is 0. The number of nitriles is 2. The van der Waals surface area contributed by atoms with Crippen LogP contribution in [0.4, 0.5) is 0 Å². The second-order valence-electron chi connectivity index (χ2n) is 13.9. The molecule has 0 saturated carbocycles. The van der Waals surface area contributed by atoms with Crippen LogP contribution in [0.2, 0.25) is 0 Å². The van der Waals surface area contributed by atoms with E-state index in [1.807, 2.05) is 42.5 Å². The molecule has 254 valence electrons. The fourth-order valence-electron chi connectivity index (χ4n) is 8.90. The van der Waals surface area contributed by atoms with Gasteiger partial charge >= 0.3 is 0 Å². The molecule has 0 amide bonds. The number of benzene rings is 8. The quantitative estimate of drug-likeness (QED) is 0.184. The van der Waals surface area contributed by atoms with E-state index in [2.05, 4.69) is 159 Å². The molecule has 0 unspecified atom stereocenters. The van der Waals surface area contributed by atoms with Crippen molar-refractivity contribution >= 4 is 65.4 Å². The Balaban J connectivity index is 1.15. The first-order valence-corrected chi connectivity index (χ1v) is 18.3. The highest BCUT2D eigenvalue weighted by Crippen LogP contribution is 2.42. The summed E-state index contributed by atoms with van der Waals surface area (Å²) in [5.41, 5.74) is 12.1. The molecule has 11 rings (SSSR count). The van der Waals surface area contributed by atoms with E-state index in [9.17, 15) is 10.5 Å². The first kappa shape index (κ1) is 30.7. The number of nitrogens with zero attached hydrogens (tertiary/aromatic N) is 5. The molecule has 11 aromatic rings. The molecule has 0 fully saturated rings. The van der Waals surface area contributed by atoms with E-state index < -0.39 is 0 Å². The van der Waals surface area contributed by atoms with Gasteiger partial charge in [-0.3, -0.25) is 0 Å². The molecule has 55 heavy (non-hydrogen) atoms. The summed E-state index contributed by atoms with van der Waals surface area (Å²) in [6.07, 6.45) is 0. The highest BCUT2D eigenvalue weighted by atomic mass is 15.0. The molecule has 0 aliphatic carbocycles. The summed E-state index contributed by atoms with van der Waals surface area (Å²) < 4.78 is 6.80. The molecule has 0 radical (unpaired) electrons. The Hall–Kier alpha value is -7.86. The maximum Gasteiger partial charge on any atom is 0.102 e. The molecule has 0 atom stereocenters. The number of hydrogen-bond donors (Lipinski definition) is 0. The van der Waals surface area contributed by atoms with Crippen molar-refractivity contribution in [2.75, 3.05) is 0 Å². The smallest absolute Gasteiger partial charge is 0.102 e. The van der Waals surface area contributed by atoms with Gasteiger partial charge in [0.1, 0.15) is 12.1 Å². The Labute approximate surface area is 316 Å². The fourth-order valence-corrected chi connectivity index (χ4v) is 8.90. The summed E-state index contributed by atoms with van der Waals surface area (Å²) in [5.74, 6) is 0. The third-order valence-electron chi connectivity index (χ3n) is 11.1. The van der Waals surface area contributed by atoms with Crippen molar-refractivity contribution < 1.29 is 0 Å². The van der Waals surface area contributed by atoms with E-state index in [4.69, 9.17) is 0 Å². The molecule has 0 N–H and O–H groups in total. The third kappa shape index (κ3) is 4.33. The highest BCUT2D eigenvalue weighted by Gasteiger charge is 2.22. The van der Waals surface area contributed by atoms with Gasteiger partial charge in [-0.2, -0.15) is 10.5 Å². The second kappa shape index (κ2) is 11.8. The minimum atomic E-state index is 0.588. The Morgan fingerprint density at radius 2 is 0.891 bits per heavy atom. The van der Waals surface area contributed by atoms with Crippen LogP contribution < -0.4 is 0 Å². The van der Waals surface area contributed by atoms with Crippen LogP contribution in [0.25, 0.3) is 93.6 Å². The van der Waals surface area contributed by atoms with Gasteiger partial charge in [0.15, 0.2) is 0 Å². The molecule has 0 aliphatic rings. The van der Waals surface area contributed by atoms with Crippen molar-refractivity contribution in [3.05, 3.63) is 187 Å². The summed E-state index contributed by atoms with van der Waals surface area (Å²) in [5, 5.41) is 28.0. The molecule has 5 nitrogen and oxygen atoms in total. The highest BCUT2D eigenvalue weighted by molar-refractivity contribution is 6.17. The summed E-state index contributed by atoms with van der Waals surface area (Å²) in [7, 11) is 0. The van der Waals surface area contributed by atoms with E-state index in [-0.39, 0.29) is 0 Å². The van der Waals surface area contributed by atoms with Gasteiger partial charge in [0.25, 0.3) is 0 Å². The lowest BCUT2D eigenvalue weighted by Gasteiger charge is -2.15.